The van der Waals surface area contributed by atoms with Gasteiger partial charge in [0, 0.05) is 19.3 Å². The fourth-order valence-corrected chi connectivity index (χ4v) is 2.30. The number of rotatable bonds is 8. The van der Waals surface area contributed by atoms with Gasteiger partial charge < -0.3 is 19.5 Å². The van der Waals surface area contributed by atoms with Gasteiger partial charge in [-0.05, 0) is 38.5 Å². The monoisotopic (exact) mass is 271 g/mol. The summed E-state index contributed by atoms with van der Waals surface area (Å²) in [5, 5.41) is 3.29. The van der Waals surface area contributed by atoms with Gasteiger partial charge in [0.05, 0.1) is 19.8 Å². The number of methoxy groups -OCH3 is 1. The Morgan fingerprint density at radius 2 is 2.21 bits per heavy atom. The molecule has 0 aromatic heterocycles. The highest BCUT2D eigenvalue weighted by atomic mass is 16.5. The number of nitrogens with one attached hydrogen (secondary N) is 1. The highest BCUT2D eigenvalue weighted by molar-refractivity contribution is 5.75. The number of hydrogen-bond donors (Lipinski definition) is 1. The number of ether oxygens (including phenoxy) is 3. The number of carbonyl (C=O) groups is 1. The van der Waals surface area contributed by atoms with E-state index in [2.05, 4.69) is 5.32 Å². The Labute approximate surface area is 115 Å². The summed E-state index contributed by atoms with van der Waals surface area (Å²) in [5.74, 6) is -0.190. The number of esters is 1. The van der Waals surface area contributed by atoms with Crippen LogP contribution in [0.3, 0.4) is 0 Å². The molecule has 0 aromatic rings. The first-order valence-electron chi connectivity index (χ1n) is 7.33. The third kappa shape index (κ3) is 5.47. The van der Waals surface area contributed by atoms with Crippen LogP contribution in [0.4, 0.5) is 0 Å². The maximum absolute atomic E-state index is 11.6. The molecule has 0 aromatic carbocycles. The molecule has 0 radical (unpaired) electrons. The highest BCUT2D eigenvalue weighted by Crippen LogP contribution is 2.20. The lowest BCUT2D eigenvalue weighted by atomic mass is 10.1. The van der Waals surface area contributed by atoms with Crippen LogP contribution < -0.4 is 5.32 Å². The van der Waals surface area contributed by atoms with Crippen LogP contribution in [0.25, 0.3) is 0 Å². The predicted molar refractivity (Wildman–Crippen MR) is 71.0 cm³/mol. The molecule has 2 rings (SSSR count). The zero-order valence-electron chi connectivity index (χ0n) is 11.7. The topological polar surface area (TPSA) is 56.8 Å². The van der Waals surface area contributed by atoms with Crippen LogP contribution in [-0.4, -0.2) is 51.1 Å². The SMILES string of the molecule is COC(=O)C(CCOCC1CCCCO1)NC1CC1. The smallest absolute Gasteiger partial charge is 0.322 e. The molecule has 110 valence electrons. The van der Waals surface area contributed by atoms with E-state index in [1.807, 2.05) is 0 Å². The fourth-order valence-electron chi connectivity index (χ4n) is 2.30. The minimum absolute atomic E-state index is 0.190. The third-order valence-corrected chi connectivity index (χ3v) is 3.63. The summed E-state index contributed by atoms with van der Waals surface area (Å²) in [4.78, 5) is 11.6. The summed E-state index contributed by atoms with van der Waals surface area (Å²) < 4.78 is 16.0. The van der Waals surface area contributed by atoms with Crippen molar-refractivity contribution in [3.05, 3.63) is 0 Å². The highest BCUT2D eigenvalue weighted by Gasteiger charge is 2.28. The first-order valence-corrected chi connectivity index (χ1v) is 7.33. The van der Waals surface area contributed by atoms with E-state index in [-0.39, 0.29) is 18.1 Å². The molecule has 0 bridgehead atoms. The van der Waals surface area contributed by atoms with Crippen LogP contribution in [0.2, 0.25) is 0 Å². The molecule has 1 N–H and O–H groups in total. The van der Waals surface area contributed by atoms with Gasteiger partial charge in [0.1, 0.15) is 6.04 Å². The van der Waals surface area contributed by atoms with Crippen molar-refractivity contribution in [2.45, 2.75) is 56.7 Å². The Bertz CT molecular complexity index is 275. The van der Waals surface area contributed by atoms with Crippen molar-refractivity contribution in [1.29, 1.82) is 0 Å². The lowest BCUT2D eigenvalue weighted by molar-refractivity contribution is -0.143. The Balaban J connectivity index is 1.59. The van der Waals surface area contributed by atoms with Crippen molar-refractivity contribution in [1.82, 2.24) is 5.32 Å². The van der Waals surface area contributed by atoms with Gasteiger partial charge in [-0.15, -0.1) is 0 Å². The zero-order valence-corrected chi connectivity index (χ0v) is 11.7. The van der Waals surface area contributed by atoms with Gasteiger partial charge in [-0.3, -0.25) is 4.79 Å². The van der Waals surface area contributed by atoms with E-state index in [4.69, 9.17) is 14.2 Å². The van der Waals surface area contributed by atoms with Crippen molar-refractivity contribution in [3.8, 4) is 0 Å². The average molecular weight is 271 g/mol. The van der Waals surface area contributed by atoms with Gasteiger partial charge in [-0.25, -0.2) is 0 Å². The van der Waals surface area contributed by atoms with Crippen LogP contribution in [0.1, 0.15) is 38.5 Å². The van der Waals surface area contributed by atoms with Gasteiger partial charge >= 0.3 is 5.97 Å². The van der Waals surface area contributed by atoms with Crippen molar-refractivity contribution in [3.63, 3.8) is 0 Å². The summed E-state index contributed by atoms with van der Waals surface area (Å²) in [5.41, 5.74) is 0. The summed E-state index contributed by atoms with van der Waals surface area (Å²) >= 11 is 0. The lowest BCUT2D eigenvalue weighted by Gasteiger charge is -2.23. The van der Waals surface area contributed by atoms with Gasteiger partial charge in [-0.1, -0.05) is 0 Å². The maximum Gasteiger partial charge on any atom is 0.322 e. The molecule has 5 heteroatoms. The van der Waals surface area contributed by atoms with Crippen molar-refractivity contribution < 1.29 is 19.0 Å². The largest absolute Gasteiger partial charge is 0.468 e. The standard InChI is InChI=1S/C14H25NO4/c1-17-14(16)13(15-11-5-6-11)7-9-18-10-12-4-2-3-8-19-12/h11-13,15H,2-10H2,1H3. The molecular formula is C14H25NO4. The first-order chi connectivity index (χ1) is 9.29. The summed E-state index contributed by atoms with van der Waals surface area (Å²) in [6.45, 7) is 2.05. The van der Waals surface area contributed by atoms with Crippen molar-refractivity contribution in [2.24, 2.45) is 0 Å². The van der Waals surface area contributed by atoms with Gasteiger partial charge in [0.25, 0.3) is 0 Å². The second-order valence-electron chi connectivity index (χ2n) is 5.37. The van der Waals surface area contributed by atoms with Crippen molar-refractivity contribution in [2.75, 3.05) is 26.9 Å². The Hall–Kier alpha value is -0.650. The van der Waals surface area contributed by atoms with E-state index in [9.17, 15) is 4.79 Å². The normalized spacial score (nSPS) is 25.0. The molecule has 5 nitrogen and oxygen atoms in total. The number of hydrogen-bond acceptors (Lipinski definition) is 5. The number of carbonyl (C=O) groups excluding carboxylic acids is 1. The summed E-state index contributed by atoms with van der Waals surface area (Å²) in [6, 6.07) is 0.260. The second kappa shape index (κ2) is 7.82. The molecule has 1 saturated carbocycles. The Morgan fingerprint density at radius 1 is 1.37 bits per heavy atom. The average Bonchev–Trinajstić information content (AvgIpc) is 3.26. The first kappa shape index (κ1) is 14.8. The predicted octanol–water partition coefficient (Wildman–Crippen LogP) is 1.26. The maximum atomic E-state index is 11.6. The minimum atomic E-state index is -0.232. The van der Waals surface area contributed by atoms with Crippen molar-refractivity contribution >= 4 is 5.97 Å². The van der Waals surface area contributed by atoms with Crippen LogP contribution in [0.15, 0.2) is 0 Å². The van der Waals surface area contributed by atoms with E-state index in [0.29, 0.717) is 25.7 Å². The Kier molecular flexibility index (Phi) is 6.07. The molecule has 2 fully saturated rings. The molecule has 2 atom stereocenters. The van der Waals surface area contributed by atoms with E-state index in [1.54, 1.807) is 0 Å². The molecule has 2 unspecified atom stereocenters. The minimum Gasteiger partial charge on any atom is -0.468 e. The second-order valence-corrected chi connectivity index (χ2v) is 5.37. The molecule has 1 aliphatic carbocycles. The molecule has 1 aliphatic heterocycles. The molecule has 0 spiro atoms. The molecule has 2 aliphatic rings. The fraction of sp³-hybridized carbons (Fsp3) is 0.929. The quantitative estimate of drug-likeness (QED) is 0.532. The molecule has 1 heterocycles. The van der Waals surface area contributed by atoms with E-state index in [0.717, 1.165) is 32.3 Å². The van der Waals surface area contributed by atoms with Gasteiger partial charge in [0.2, 0.25) is 0 Å². The van der Waals surface area contributed by atoms with Crippen LogP contribution in [0.5, 0.6) is 0 Å². The summed E-state index contributed by atoms with van der Waals surface area (Å²) in [7, 11) is 1.43. The van der Waals surface area contributed by atoms with Gasteiger partial charge in [-0.2, -0.15) is 0 Å². The third-order valence-electron chi connectivity index (χ3n) is 3.63. The van der Waals surface area contributed by atoms with E-state index >= 15 is 0 Å². The molecule has 0 amide bonds. The van der Waals surface area contributed by atoms with Crippen LogP contribution >= 0.6 is 0 Å². The summed E-state index contributed by atoms with van der Waals surface area (Å²) in [6.07, 6.45) is 6.68. The zero-order chi connectivity index (χ0) is 13.5. The van der Waals surface area contributed by atoms with Crippen LogP contribution in [-0.2, 0) is 19.0 Å². The molecule has 1 saturated heterocycles. The van der Waals surface area contributed by atoms with E-state index < -0.39 is 0 Å². The van der Waals surface area contributed by atoms with Crippen LogP contribution in [0, 0.1) is 0 Å². The molecule has 19 heavy (non-hydrogen) atoms. The Morgan fingerprint density at radius 3 is 2.84 bits per heavy atom. The molecular weight excluding hydrogens is 246 g/mol. The lowest BCUT2D eigenvalue weighted by Crippen LogP contribution is -2.40. The van der Waals surface area contributed by atoms with Gasteiger partial charge in [0.15, 0.2) is 0 Å². The van der Waals surface area contributed by atoms with E-state index in [1.165, 1.54) is 13.5 Å².